The molecule has 7 heteroatoms. The molecular weight excluding hydrogens is 338 g/mol. The number of likely N-dealkylation sites (tertiary alicyclic amines) is 1. The van der Waals surface area contributed by atoms with Crippen LogP contribution in [0.1, 0.15) is 61.4 Å². The van der Waals surface area contributed by atoms with Crippen molar-refractivity contribution in [1.29, 1.82) is 0 Å². The summed E-state index contributed by atoms with van der Waals surface area (Å²) in [7, 11) is 0. The van der Waals surface area contributed by atoms with Crippen LogP contribution in [0.15, 0.2) is 12.1 Å². The molecule has 2 N–H and O–H groups in total. The second kappa shape index (κ2) is 5.36. The van der Waals surface area contributed by atoms with E-state index in [1.165, 1.54) is 4.90 Å². The average Bonchev–Trinajstić information content (AvgIpc) is 3.05. The standard InChI is InChI=1S/C19H23NO6/c1-18(2,3)12-8-19(6-7-20(12)17(23)24)9-25-14-11(19)5-4-10-13(14)16(22)26-15(10)21/h4-5,12,16,22H,6-9H2,1-3H3,(H,23,24). The number of rotatable bonds is 0. The van der Waals surface area contributed by atoms with E-state index < -0.39 is 18.4 Å². The summed E-state index contributed by atoms with van der Waals surface area (Å²) in [5.41, 5.74) is 1.14. The van der Waals surface area contributed by atoms with Gasteiger partial charge >= 0.3 is 12.1 Å². The van der Waals surface area contributed by atoms with E-state index in [9.17, 15) is 19.8 Å². The van der Waals surface area contributed by atoms with Crippen LogP contribution >= 0.6 is 0 Å². The van der Waals surface area contributed by atoms with E-state index in [4.69, 9.17) is 9.47 Å². The van der Waals surface area contributed by atoms with Crippen LogP contribution in [0.3, 0.4) is 0 Å². The maximum Gasteiger partial charge on any atom is 0.407 e. The molecule has 3 unspecified atom stereocenters. The first kappa shape index (κ1) is 17.1. The first-order valence-electron chi connectivity index (χ1n) is 8.83. The molecule has 7 nitrogen and oxygen atoms in total. The molecular formula is C19H23NO6. The summed E-state index contributed by atoms with van der Waals surface area (Å²) < 4.78 is 10.9. The average molecular weight is 361 g/mol. The lowest BCUT2D eigenvalue weighted by atomic mass is 9.66. The van der Waals surface area contributed by atoms with Gasteiger partial charge < -0.3 is 24.6 Å². The summed E-state index contributed by atoms with van der Waals surface area (Å²) in [5, 5.41) is 19.7. The van der Waals surface area contributed by atoms with Crippen LogP contribution in [-0.4, -0.2) is 46.4 Å². The molecule has 1 fully saturated rings. The molecule has 1 amide bonds. The summed E-state index contributed by atoms with van der Waals surface area (Å²) in [6.07, 6.45) is -0.926. The lowest BCUT2D eigenvalue weighted by molar-refractivity contribution is -0.0556. The molecule has 140 valence electrons. The smallest absolute Gasteiger partial charge is 0.407 e. The van der Waals surface area contributed by atoms with E-state index in [0.717, 1.165) is 5.56 Å². The SMILES string of the molecule is CC(C)(C)C1CC2(CCN1C(=O)O)COc1c2ccc2c1C(O)OC2=O. The van der Waals surface area contributed by atoms with E-state index in [1.54, 1.807) is 6.07 Å². The van der Waals surface area contributed by atoms with Gasteiger partial charge in [0.2, 0.25) is 6.29 Å². The minimum absolute atomic E-state index is 0.153. The third kappa shape index (κ3) is 2.30. The van der Waals surface area contributed by atoms with Gasteiger partial charge in [-0.1, -0.05) is 26.8 Å². The Morgan fingerprint density at radius 2 is 2.08 bits per heavy atom. The topological polar surface area (TPSA) is 96.3 Å². The number of carbonyl (C=O) groups excluding carboxylic acids is 1. The third-order valence-electron chi connectivity index (χ3n) is 5.98. The van der Waals surface area contributed by atoms with Crippen molar-refractivity contribution >= 4 is 12.1 Å². The highest BCUT2D eigenvalue weighted by Gasteiger charge is 2.52. The number of aliphatic hydroxyl groups excluding tert-OH is 1. The predicted molar refractivity (Wildman–Crippen MR) is 91.2 cm³/mol. The third-order valence-corrected chi connectivity index (χ3v) is 5.98. The molecule has 0 bridgehead atoms. The van der Waals surface area contributed by atoms with Gasteiger partial charge in [-0.05, 0) is 24.3 Å². The van der Waals surface area contributed by atoms with Crippen molar-refractivity contribution < 1.29 is 29.3 Å². The maximum atomic E-state index is 11.8. The maximum absolute atomic E-state index is 11.8. The monoisotopic (exact) mass is 361 g/mol. The molecule has 0 aromatic heterocycles. The van der Waals surface area contributed by atoms with Crippen molar-refractivity contribution in [3.8, 4) is 5.75 Å². The zero-order valence-corrected chi connectivity index (χ0v) is 15.1. The summed E-state index contributed by atoms with van der Waals surface area (Å²) in [6, 6.07) is 3.40. The summed E-state index contributed by atoms with van der Waals surface area (Å²) in [5.74, 6) is -0.0228. The predicted octanol–water partition coefficient (Wildman–Crippen LogP) is 2.67. The number of fused-ring (bicyclic) bond motifs is 4. The fourth-order valence-electron chi connectivity index (χ4n) is 4.56. The largest absolute Gasteiger partial charge is 0.492 e. The molecule has 1 saturated heterocycles. The number of ether oxygens (including phenoxy) is 2. The van der Waals surface area contributed by atoms with Gasteiger partial charge in [0.05, 0.1) is 17.7 Å². The molecule has 4 rings (SSSR count). The van der Waals surface area contributed by atoms with Gasteiger partial charge in [0.1, 0.15) is 5.75 Å². The summed E-state index contributed by atoms with van der Waals surface area (Å²) >= 11 is 0. The van der Waals surface area contributed by atoms with E-state index in [-0.39, 0.29) is 16.9 Å². The number of cyclic esters (lactones) is 1. The van der Waals surface area contributed by atoms with Crippen LogP contribution < -0.4 is 4.74 Å². The van der Waals surface area contributed by atoms with Crippen molar-refractivity contribution in [3.63, 3.8) is 0 Å². The first-order valence-corrected chi connectivity index (χ1v) is 8.83. The van der Waals surface area contributed by atoms with Crippen molar-refractivity contribution in [1.82, 2.24) is 4.90 Å². The Balaban J connectivity index is 1.76. The van der Waals surface area contributed by atoms with Crippen LogP contribution in [0.4, 0.5) is 4.79 Å². The molecule has 0 saturated carbocycles. The number of amides is 1. The lowest BCUT2D eigenvalue weighted by Gasteiger charge is -2.48. The molecule has 1 aromatic carbocycles. The Morgan fingerprint density at radius 3 is 2.73 bits per heavy atom. The molecule has 3 heterocycles. The Kier molecular flexibility index (Phi) is 3.54. The Hall–Kier alpha value is -2.28. The van der Waals surface area contributed by atoms with Crippen molar-refractivity contribution in [3.05, 3.63) is 28.8 Å². The zero-order valence-electron chi connectivity index (χ0n) is 15.1. The molecule has 0 radical (unpaired) electrons. The van der Waals surface area contributed by atoms with Gasteiger partial charge in [0.25, 0.3) is 0 Å². The van der Waals surface area contributed by atoms with Gasteiger partial charge in [-0.25, -0.2) is 9.59 Å². The zero-order chi connectivity index (χ0) is 18.9. The van der Waals surface area contributed by atoms with E-state index in [0.29, 0.717) is 42.9 Å². The lowest BCUT2D eigenvalue weighted by Crippen LogP contribution is -2.56. The number of hydrogen-bond acceptors (Lipinski definition) is 5. The van der Waals surface area contributed by atoms with Crippen LogP contribution in [0.5, 0.6) is 5.75 Å². The molecule has 1 spiro atoms. The summed E-state index contributed by atoms with van der Waals surface area (Å²) in [4.78, 5) is 25.1. The van der Waals surface area contributed by atoms with Gasteiger partial charge in [-0.2, -0.15) is 0 Å². The van der Waals surface area contributed by atoms with Gasteiger partial charge in [0.15, 0.2) is 0 Å². The number of carbonyl (C=O) groups is 2. The molecule has 0 aliphatic carbocycles. The summed E-state index contributed by atoms with van der Waals surface area (Å²) in [6.45, 7) is 6.97. The van der Waals surface area contributed by atoms with Crippen molar-refractivity contribution in [2.24, 2.45) is 5.41 Å². The Morgan fingerprint density at radius 1 is 1.35 bits per heavy atom. The number of aliphatic hydroxyl groups is 1. The number of esters is 1. The van der Waals surface area contributed by atoms with Crippen LogP contribution in [0.2, 0.25) is 0 Å². The van der Waals surface area contributed by atoms with Crippen LogP contribution in [-0.2, 0) is 10.2 Å². The quantitative estimate of drug-likeness (QED) is 0.690. The molecule has 3 aliphatic rings. The van der Waals surface area contributed by atoms with E-state index >= 15 is 0 Å². The van der Waals surface area contributed by atoms with Gasteiger partial charge in [-0.3, -0.25) is 0 Å². The number of nitrogens with zero attached hydrogens (tertiary/aromatic N) is 1. The number of piperidine rings is 1. The van der Waals surface area contributed by atoms with Gasteiger partial charge in [-0.15, -0.1) is 0 Å². The van der Waals surface area contributed by atoms with E-state index in [1.807, 2.05) is 26.8 Å². The fourth-order valence-corrected chi connectivity index (χ4v) is 4.56. The Bertz CT molecular complexity index is 798. The highest BCUT2D eigenvalue weighted by atomic mass is 16.6. The number of benzene rings is 1. The van der Waals surface area contributed by atoms with Crippen molar-refractivity contribution in [2.45, 2.75) is 51.4 Å². The molecule has 26 heavy (non-hydrogen) atoms. The Labute approximate surface area is 151 Å². The second-order valence-corrected chi connectivity index (χ2v) is 8.54. The molecule has 1 aromatic rings. The normalized spacial score (nSPS) is 30.0. The highest BCUT2D eigenvalue weighted by molar-refractivity contribution is 5.95. The molecule has 3 atom stereocenters. The van der Waals surface area contributed by atoms with E-state index in [2.05, 4.69) is 0 Å². The minimum Gasteiger partial charge on any atom is -0.492 e. The number of carboxylic acid groups (broad SMARTS) is 1. The highest BCUT2D eigenvalue weighted by Crippen LogP contribution is 2.53. The second-order valence-electron chi connectivity index (χ2n) is 8.54. The van der Waals surface area contributed by atoms with Crippen molar-refractivity contribution in [2.75, 3.05) is 13.2 Å². The molecule has 3 aliphatic heterocycles. The first-order chi connectivity index (χ1) is 12.1. The van der Waals surface area contributed by atoms with Gasteiger partial charge in [0, 0.05) is 23.6 Å². The number of hydrogen-bond donors (Lipinski definition) is 2. The fraction of sp³-hybridized carbons (Fsp3) is 0.579. The van der Waals surface area contributed by atoms with Crippen LogP contribution in [0.25, 0.3) is 0 Å². The van der Waals surface area contributed by atoms with Crippen LogP contribution in [0, 0.1) is 5.41 Å². The minimum atomic E-state index is -1.31.